The van der Waals surface area contributed by atoms with Crippen molar-refractivity contribution in [3.8, 4) is 0 Å². The normalized spacial score (nSPS) is 13.1. The van der Waals surface area contributed by atoms with E-state index in [0.29, 0.717) is 12.8 Å². The monoisotopic (exact) mass is 934 g/mol. The first-order valence-corrected chi connectivity index (χ1v) is 30.8. The lowest BCUT2D eigenvalue weighted by molar-refractivity contribution is -0.124. The number of nitrogens with one attached hydrogen (secondary N) is 1. The van der Waals surface area contributed by atoms with E-state index in [-0.39, 0.29) is 12.5 Å². The van der Waals surface area contributed by atoms with Crippen LogP contribution in [-0.2, 0) is 4.79 Å². The van der Waals surface area contributed by atoms with Gasteiger partial charge >= 0.3 is 0 Å². The molecule has 66 heavy (non-hydrogen) atoms. The Morgan fingerprint density at radius 3 is 0.727 bits per heavy atom. The summed E-state index contributed by atoms with van der Waals surface area (Å²) in [4.78, 5) is 12.5. The molecule has 0 heterocycles. The minimum absolute atomic E-state index is 0.136. The Morgan fingerprint density at radius 1 is 0.318 bits per heavy atom. The highest BCUT2D eigenvalue weighted by molar-refractivity contribution is 5.76. The Labute approximate surface area is 415 Å². The third-order valence-corrected chi connectivity index (χ3v) is 15.0. The van der Waals surface area contributed by atoms with Gasteiger partial charge in [0.1, 0.15) is 6.10 Å². The van der Waals surface area contributed by atoms with Gasteiger partial charge in [0.15, 0.2) is 0 Å². The van der Waals surface area contributed by atoms with Gasteiger partial charge in [-0.2, -0.15) is 0 Å². The maximum atomic E-state index is 12.5. The smallest absolute Gasteiger partial charge is 0.220 e. The van der Waals surface area contributed by atoms with Gasteiger partial charge in [-0.15, -0.1) is 0 Å². The first kappa shape index (κ1) is 65.3. The molecule has 1 amide bonds. The summed E-state index contributed by atoms with van der Waals surface area (Å²) in [6.07, 6.45) is 70.1. The highest BCUT2D eigenvalue weighted by Gasteiger charge is 2.26. The second-order valence-electron chi connectivity index (χ2n) is 21.6. The highest BCUT2D eigenvalue weighted by atomic mass is 16.3. The van der Waals surface area contributed by atoms with Gasteiger partial charge in [0.2, 0.25) is 5.91 Å². The molecular weight excluding hydrogens is 811 g/mol. The summed E-state index contributed by atoms with van der Waals surface area (Å²) in [6, 6.07) is -0.804. The molecule has 0 aliphatic carbocycles. The van der Waals surface area contributed by atoms with Crippen LogP contribution in [0.5, 0.6) is 0 Å². The average molecular weight is 935 g/mol. The summed E-state index contributed by atoms with van der Waals surface area (Å²) >= 11 is 0. The molecule has 0 saturated heterocycles. The minimum atomic E-state index is -1.13. The number of aliphatic hydroxyl groups excluding tert-OH is 3. The fourth-order valence-corrected chi connectivity index (χ4v) is 10.2. The second kappa shape index (κ2) is 56.9. The molecule has 0 aliphatic heterocycles. The number of rotatable bonds is 58. The number of unbranched alkanes of at least 4 members (excludes halogenated alkanes) is 50. The fraction of sp³-hybridized carbons (Fsp3) is 0.984. The molecule has 396 valence electrons. The van der Waals surface area contributed by atoms with Gasteiger partial charge in [-0.1, -0.05) is 341 Å². The van der Waals surface area contributed by atoms with Gasteiger partial charge in [0.25, 0.3) is 0 Å². The van der Waals surface area contributed by atoms with Crippen LogP contribution in [0.3, 0.4) is 0 Å². The van der Waals surface area contributed by atoms with Crippen LogP contribution in [0, 0.1) is 0 Å². The summed E-state index contributed by atoms with van der Waals surface area (Å²) in [7, 11) is 0. The van der Waals surface area contributed by atoms with Gasteiger partial charge in [-0.25, -0.2) is 0 Å². The third kappa shape index (κ3) is 51.2. The van der Waals surface area contributed by atoms with Gasteiger partial charge in [0, 0.05) is 6.42 Å². The Balaban J connectivity index is 3.39. The average Bonchev–Trinajstić information content (AvgIpc) is 3.32. The van der Waals surface area contributed by atoms with Crippen LogP contribution in [0.15, 0.2) is 0 Å². The maximum Gasteiger partial charge on any atom is 0.220 e. The van der Waals surface area contributed by atoms with Crippen LogP contribution in [0.2, 0.25) is 0 Å². The number of aliphatic hydroxyl groups is 3. The Morgan fingerprint density at radius 2 is 0.515 bits per heavy atom. The second-order valence-corrected chi connectivity index (χ2v) is 21.6. The number of hydrogen-bond acceptors (Lipinski definition) is 4. The first-order valence-electron chi connectivity index (χ1n) is 30.8. The lowest BCUT2D eigenvalue weighted by Crippen LogP contribution is -2.50. The number of carbonyl (C=O) groups is 1. The van der Waals surface area contributed by atoms with E-state index >= 15 is 0 Å². The molecular formula is C61H123NO4. The SMILES string of the molecule is CCCCCCCCCCCCCCCCCCCCCCCCCCCCCCCCCCCCCCCC(=O)NC(CO)C(O)C(O)CCCCCCCCCCCCCCCCC. The molecule has 0 spiro atoms. The zero-order chi connectivity index (χ0) is 47.9. The molecule has 0 fully saturated rings. The summed E-state index contributed by atoms with van der Waals surface area (Å²) < 4.78 is 0. The van der Waals surface area contributed by atoms with Crippen LogP contribution < -0.4 is 5.32 Å². The number of carbonyl (C=O) groups excluding carboxylic acids is 1. The number of amides is 1. The molecule has 0 aromatic heterocycles. The predicted molar refractivity (Wildman–Crippen MR) is 292 cm³/mol. The van der Waals surface area contributed by atoms with Gasteiger partial charge in [-0.3, -0.25) is 4.79 Å². The van der Waals surface area contributed by atoms with E-state index in [1.165, 1.54) is 302 Å². The molecule has 4 N–H and O–H groups in total. The zero-order valence-electron chi connectivity index (χ0n) is 45.4. The maximum absolute atomic E-state index is 12.5. The molecule has 5 heteroatoms. The summed E-state index contributed by atoms with van der Waals surface area (Å²) in [6.45, 7) is 4.22. The van der Waals surface area contributed by atoms with Crippen LogP contribution in [0.4, 0.5) is 0 Å². The van der Waals surface area contributed by atoms with E-state index in [1.54, 1.807) is 0 Å². The van der Waals surface area contributed by atoms with Crippen LogP contribution >= 0.6 is 0 Å². The van der Waals surface area contributed by atoms with Crippen molar-refractivity contribution in [2.24, 2.45) is 0 Å². The van der Waals surface area contributed by atoms with Gasteiger partial charge in [-0.05, 0) is 12.8 Å². The molecule has 0 radical (unpaired) electrons. The largest absolute Gasteiger partial charge is 0.394 e. The summed E-state index contributed by atoms with van der Waals surface area (Å²) in [5.74, 6) is -0.136. The minimum Gasteiger partial charge on any atom is -0.394 e. The van der Waals surface area contributed by atoms with E-state index in [1.807, 2.05) is 0 Å². The zero-order valence-corrected chi connectivity index (χ0v) is 45.4. The van der Waals surface area contributed by atoms with E-state index in [0.717, 1.165) is 32.1 Å². The number of hydrogen-bond donors (Lipinski definition) is 4. The highest BCUT2D eigenvalue weighted by Crippen LogP contribution is 2.19. The van der Waals surface area contributed by atoms with Crippen LogP contribution in [-0.4, -0.2) is 46.1 Å². The van der Waals surface area contributed by atoms with E-state index in [9.17, 15) is 20.1 Å². The van der Waals surface area contributed by atoms with E-state index < -0.39 is 18.2 Å². The summed E-state index contributed by atoms with van der Waals surface area (Å²) in [5, 5.41) is 33.8. The topological polar surface area (TPSA) is 89.8 Å². The molecule has 0 aromatic rings. The molecule has 0 rings (SSSR count). The Hall–Kier alpha value is -0.650. The van der Waals surface area contributed by atoms with Gasteiger partial charge < -0.3 is 20.6 Å². The van der Waals surface area contributed by atoms with Crippen molar-refractivity contribution < 1.29 is 20.1 Å². The quantitative estimate of drug-likeness (QED) is 0.0458. The Kier molecular flexibility index (Phi) is 56.4. The third-order valence-electron chi connectivity index (χ3n) is 15.0. The van der Waals surface area contributed by atoms with Gasteiger partial charge in [0.05, 0.1) is 18.8 Å². The lowest BCUT2D eigenvalue weighted by Gasteiger charge is -2.26. The van der Waals surface area contributed by atoms with Crippen molar-refractivity contribution in [1.82, 2.24) is 5.32 Å². The Bertz CT molecular complexity index is 898. The van der Waals surface area contributed by atoms with E-state index in [2.05, 4.69) is 19.2 Å². The van der Waals surface area contributed by atoms with Crippen molar-refractivity contribution in [3.63, 3.8) is 0 Å². The molecule has 0 aromatic carbocycles. The first-order chi connectivity index (χ1) is 32.6. The van der Waals surface area contributed by atoms with Crippen molar-refractivity contribution in [3.05, 3.63) is 0 Å². The van der Waals surface area contributed by atoms with E-state index in [4.69, 9.17) is 0 Å². The molecule has 5 nitrogen and oxygen atoms in total. The molecule has 0 saturated carbocycles. The van der Waals surface area contributed by atoms with Crippen molar-refractivity contribution in [1.29, 1.82) is 0 Å². The van der Waals surface area contributed by atoms with Crippen LogP contribution in [0.25, 0.3) is 0 Å². The molecule has 0 aliphatic rings. The van der Waals surface area contributed by atoms with Crippen molar-refractivity contribution >= 4 is 5.91 Å². The molecule has 3 unspecified atom stereocenters. The van der Waals surface area contributed by atoms with Crippen LogP contribution in [0.1, 0.15) is 361 Å². The van der Waals surface area contributed by atoms with Crippen molar-refractivity contribution in [2.45, 2.75) is 379 Å². The molecule has 3 atom stereocenters. The van der Waals surface area contributed by atoms with Crippen molar-refractivity contribution in [2.75, 3.05) is 6.61 Å². The molecule has 0 bridgehead atoms. The summed E-state index contributed by atoms with van der Waals surface area (Å²) in [5.41, 5.74) is 0. The fourth-order valence-electron chi connectivity index (χ4n) is 10.2. The lowest BCUT2D eigenvalue weighted by atomic mass is 9.99. The predicted octanol–water partition coefficient (Wildman–Crippen LogP) is 19.3. The standard InChI is InChI=1S/C61H123NO4/c1-3-5-7-9-11-13-15-17-19-20-21-22-23-24-25-26-27-28-29-30-31-32-33-34-35-36-37-38-39-40-42-44-46-48-50-52-54-56-60(65)62-58(57-63)61(66)59(64)55-53-51-49-47-45-43-41-18-16-14-12-10-8-6-4-2/h58-59,61,63-64,66H,3-57H2,1-2H3,(H,62,65).